The number of nitrogens with zero attached hydrogens (tertiary/aromatic N) is 5. The standard InChI is InChI=1S/C12H19N5O/c1-16-11(13-14-15-16)10-6-3-7-17(8-10)12(18)9-4-2-5-9/h9-10H,2-8H2,1H3. The molecule has 1 aliphatic carbocycles. The van der Waals surface area contributed by atoms with E-state index >= 15 is 0 Å². The summed E-state index contributed by atoms with van der Waals surface area (Å²) in [4.78, 5) is 14.3. The lowest BCUT2D eigenvalue weighted by Gasteiger charge is -2.36. The summed E-state index contributed by atoms with van der Waals surface area (Å²) in [7, 11) is 1.86. The summed E-state index contributed by atoms with van der Waals surface area (Å²) < 4.78 is 1.72. The third-order valence-corrected chi connectivity index (χ3v) is 4.21. The molecule has 1 aromatic heterocycles. The fraction of sp³-hybridized carbons (Fsp3) is 0.833. The summed E-state index contributed by atoms with van der Waals surface area (Å²) >= 11 is 0. The van der Waals surface area contributed by atoms with E-state index in [1.54, 1.807) is 4.68 Å². The molecule has 2 aliphatic rings. The molecule has 0 bridgehead atoms. The molecule has 98 valence electrons. The van der Waals surface area contributed by atoms with Gasteiger partial charge in [-0.3, -0.25) is 4.79 Å². The SMILES string of the molecule is Cn1nnnc1C1CCCN(C(=O)C2CCC2)C1. The Labute approximate surface area is 106 Å². The van der Waals surface area contributed by atoms with Crippen LogP contribution in [-0.2, 0) is 11.8 Å². The second kappa shape index (κ2) is 4.66. The van der Waals surface area contributed by atoms with Crippen molar-refractivity contribution >= 4 is 5.91 Å². The molecule has 1 saturated heterocycles. The second-order valence-electron chi connectivity index (χ2n) is 5.41. The summed E-state index contributed by atoms with van der Waals surface area (Å²) in [5, 5.41) is 11.6. The zero-order valence-electron chi connectivity index (χ0n) is 10.7. The number of likely N-dealkylation sites (tertiary alicyclic amines) is 1. The summed E-state index contributed by atoms with van der Waals surface area (Å²) in [6.45, 7) is 1.68. The van der Waals surface area contributed by atoms with E-state index in [4.69, 9.17) is 0 Å². The van der Waals surface area contributed by atoms with Crippen molar-refractivity contribution in [2.45, 2.75) is 38.0 Å². The first-order valence-electron chi connectivity index (χ1n) is 6.76. The first-order valence-corrected chi connectivity index (χ1v) is 6.76. The van der Waals surface area contributed by atoms with Gasteiger partial charge in [-0.2, -0.15) is 0 Å². The molecular formula is C12H19N5O. The van der Waals surface area contributed by atoms with Crippen LogP contribution in [0.5, 0.6) is 0 Å². The van der Waals surface area contributed by atoms with Crippen LogP contribution < -0.4 is 0 Å². The summed E-state index contributed by atoms with van der Waals surface area (Å²) in [6, 6.07) is 0. The number of carbonyl (C=O) groups excluding carboxylic acids is 1. The highest BCUT2D eigenvalue weighted by Gasteiger charge is 2.33. The van der Waals surface area contributed by atoms with Gasteiger partial charge in [0.1, 0.15) is 0 Å². The number of piperidine rings is 1. The van der Waals surface area contributed by atoms with Crippen molar-refractivity contribution in [2.75, 3.05) is 13.1 Å². The Kier molecular flexibility index (Phi) is 3.01. The molecule has 1 amide bonds. The number of rotatable bonds is 2. The van der Waals surface area contributed by atoms with Crippen molar-refractivity contribution in [3.05, 3.63) is 5.82 Å². The summed E-state index contributed by atoms with van der Waals surface area (Å²) in [6.07, 6.45) is 5.48. The Morgan fingerprint density at radius 3 is 2.72 bits per heavy atom. The largest absolute Gasteiger partial charge is 0.342 e. The number of tetrazole rings is 1. The molecule has 1 saturated carbocycles. The molecule has 3 rings (SSSR count). The van der Waals surface area contributed by atoms with Crippen LogP contribution in [0.1, 0.15) is 43.8 Å². The first-order chi connectivity index (χ1) is 8.75. The predicted octanol–water partition coefficient (Wildman–Crippen LogP) is 0.716. The number of aromatic nitrogens is 4. The quantitative estimate of drug-likeness (QED) is 0.774. The average Bonchev–Trinajstić information content (AvgIpc) is 2.73. The third kappa shape index (κ3) is 2.00. The maximum absolute atomic E-state index is 12.2. The molecule has 1 aromatic rings. The van der Waals surface area contributed by atoms with E-state index in [-0.39, 0.29) is 0 Å². The molecule has 1 aliphatic heterocycles. The fourth-order valence-electron chi connectivity index (χ4n) is 2.88. The number of hydrogen-bond donors (Lipinski definition) is 0. The molecule has 0 radical (unpaired) electrons. The maximum Gasteiger partial charge on any atom is 0.225 e. The van der Waals surface area contributed by atoms with Crippen LogP contribution in [0.4, 0.5) is 0 Å². The van der Waals surface area contributed by atoms with Gasteiger partial charge in [0.2, 0.25) is 5.91 Å². The minimum Gasteiger partial charge on any atom is -0.342 e. The van der Waals surface area contributed by atoms with Gasteiger partial charge >= 0.3 is 0 Å². The van der Waals surface area contributed by atoms with E-state index < -0.39 is 0 Å². The molecule has 6 nitrogen and oxygen atoms in total. The maximum atomic E-state index is 12.2. The van der Waals surface area contributed by atoms with Crippen LogP contribution in [0.15, 0.2) is 0 Å². The van der Waals surface area contributed by atoms with Gasteiger partial charge in [-0.1, -0.05) is 6.42 Å². The smallest absolute Gasteiger partial charge is 0.225 e. The summed E-state index contributed by atoms with van der Waals surface area (Å²) in [5.41, 5.74) is 0. The Balaban J connectivity index is 1.68. The molecule has 1 unspecified atom stereocenters. The van der Waals surface area contributed by atoms with E-state index in [2.05, 4.69) is 15.5 Å². The molecule has 2 heterocycles. The third-order valence-electron chi connectivity index (χ3n) is 4.21. The van der Waals surface area contributed by atoms with Gasteiger partial charge in [0.15, 0.2) is 5.82 Å². The minimum atomic E-state index is 0.293. The van der Waals surface area contributed by atoms with Crippen LogP contribution in [0.3, 0.4) is 0 Å². The van der Waals surface area contributed by atoms with Gasteiger partial charge in [-0.15, -0.1) is 5.10 Å². The van der Waals surface area contributed by atoms with Crippen molar-refractivity contribution in [2.24, 2.45) is 13.0 Å². The molecule has 1 atom stereocenters. The molecule has 2 fully saturated rings. The zero-order chi connectivity index (χ0) is 12.5. The van der Waals surface area contributed by atoms with Gasteiger partial charge in [0, 0.05) is 32.0 Å². The van der Waals surface area contributed by atoms with Gasteiger partial charge < -0.3 is 4.90 Å². The lowest BCUT2D eigenvalue weighted by Crippen LogP contribution is -2.44. The highest BCUT2D eigenvalue weighted by atomic mass is 16.2. The summed E-state index contributed by atoms with van der Waals surface area (Å²) in [5.74, 6) is 1.84. The van der Waals surface area contributed by atoms with Crippen LogP contribution in [0.2, 0.25) is 0 Å². The molecule has 0 N–H and O–H groups in total. The average molecular weight is 249 g/mol. The van der Waals surface area contributed by atoms with Crippen molar-refractivity contribution in [1.82, 2.24) is 25.1 Å². The number of aryl methyl sites for hydroxylation is 1. The van der Waals surface area contributed by atoms with Crippen molar-refractivity contribution < 1.29 is 4.79 Å². The van der Waals surface area contributed by atoms with Crippen LogP contribution in [0, 0.1) is 5.92 Å². The predicted molar refractivity (Wildman–Crippen MR) is 64.7 cm³/mol. The Morgan fingerprint density at radius 1 is 1.28 bits per heavy atom. The van der Waals surface area contributed by atoms with E-state index in [1.165, 1.54) is 6.42 Å². The number of amides is 1. The monoisotopic (exact) mass is 249 g/mol. The molecular weight excluding hydrogens is 230 g/mol. The number of carbonyl (C=O) groups is 1. The topological polar surface area (TPSA) is 63.9 Å². The van der Waals surface area contributed by atoms with Crippen LogP contribution in [-0.4, -0.2) is 44.1 Å². The van der Waals surface area contributed by atoms with Crippen LogP contribution in [0.25, 0.3) is 0 Å². The second-order valence-corrected chi connectivity index (χ2v) is 5.41. The first kappa shape index (κ1) is 11.6. The fourth-order valence-corrected chi connectivity index (χ4v) is 2.88. The highest BCUT2D eigenvalue weighted by Crippen LogP contribution is 2.31. The Hall–Kier alpha value is -1.46. The number of hydrogen-bond acceptors (Lipinski definition) is 4. The minimum absolute atomic E-state index is 0.293. The Bertz CT molecular complexity index is 439. The van der Waals surface area contributed by atoms with Gasteiger partial charge in [0.05, 0.1) is 0 Å². The van der Waals surface area contributed by atoms with Gasteiger partial charge in [-0.05, 0) is 36.1 Å². The molecule has 0 aromatic carbocycles. The zero-order valence-corrected chi connectivity index (χ0v) is 10.7. The van der Waals surface area contributed by atoms with Crippen LogP contribution >= 0.6 is 0 Å². The van der Waals surface area contributed by atoms with E-state index in [0.29, 0.717) is 17.7 Å². The van der Waals surface area contributed by atoms with E-state index in [0.717, 1.165) is 44.6 Å². The van der Waals surface area contributed by atoms with E-state index in [9.17, 15) is 4.79 Å². The van der Waals surface area contributed by atoms with E-state index in [1.807, 2.05) is 11.9 Å². The lowest BCUT2D eigenvalue weighted by molar-refractivity contribution is -0.139. The highest BCUT2D eigenvalue weighted by molar-refractivity contribution is 5.79. The van der Waals surface area contributed by atoms with Gasteiger partial charge in [0.25, 0.3) is 0 Å². The molecule has 0 spiro atoms. The van der Waals surface area contributed by atoms with Crippen molar-refractivity contribution in [3.63, 3.8) is 0 Å². The van der Waals surface area contributed by atoms with Crippen molar-refractivity contribution in [1.29, 1.82) is 0 Å². The molecule has 6 heteroatoms. The molecule has 18 heavy (non-hydrogen) atoms. The normalized spacial score (nSPS) is 24.9. The van der Waals surface area contributed by atoms with Crippen molar-refractivity contribution in [3.8, 4) is 0 Å². The lowest BCUT2D eigenvalue weighted by atomic mass is 9.83. The Morgan fingerprint density at radius 2 is 2.11 bits per heavy atom. The van der Waals surface area contributed by atoms with Gasteiger partial charge in [-0.25, -0.2) is 4.68 Å².